The highest BCUT2D eigenvalue weighted by Crippen LogP contribution is 2.35. The second kappa shape index (κ2) is 11.0. The van der Waals surface area contributed by atoms with Crippen LogP contribution in [-0.2, 0) is 20.9 Å². The first kappa shape index (κ1) is 24.9. The molecule has 0 saturated carbocycles. The Morgan fingerprint density at radius 3 is 2.17 bits per heavy atom. The maximum atomic E-state index is 13.4. The number of anilines is 2. The number of rotatable bonds is 8. The van der Waals surface area contributed by atoms with Crippen molar-refractivity contribution in [3.63, 3.8) is 0 Å². The van der Waals surface area contributed by atoms with Crippen molar-refractivity contribution in [3.05, 3.63) is 95.8 Å². The van der Waals surface area contributed by atoms with E-state index in [0.29, 0.717) is 23.4 Å². The zero-order valence-corrected chi connectivity index (χ0v) is 20.1. The second-order valence-corrected chi connectivity index (χ2v) is 9.13. The smallest absolute Gasteiger partial charge is 0.411 e. The monoisotopic (exact) mass is 489 g/mol. The molecule has 2 atom stereocenters. The van der Waals surface area contributed by atoms with E-state index in [1.165, 1.54) is 29.2 Å². The molecular weight excluding hydrogens is 461 g/mol. The zero-order chi connectivity index (χ0) is 25.7. The van der Waals surface area contributed by atoms with Gasteiger partial charge < -0.3 is 15.4 Å². The van der Waals surface area contributed by atoms with E-state index in [0.717, 1.165) is 5.56 Å². The summed E-state index contributed by atoms with van der Waals surface area (Å²) in [6, 6.07) is 20.6. The fourth-order valence-corrected chi connectivity index (χ4v) is 4.08. The molecule has 0 aromatic heterocycles. The Morgan fingerprint density at radius 1 is 0.917 bits per heavy atom. The van der Waals surface area contributed by atoms with Crippen molar-refractivity contribution in [2.75, 3.05) is 10.6 Å². The Balaban J connectivity index is 1.58. The summed E-state index contributed by atoms with van der Waals surface area (Å²) in [6.07, 6.45) is -1.08. The molecule has 8 heteroatoms. The highest BCUT2D eigenvalue weighted by atomic mass is 19.1. The molecule has 3 amide bonds. The maximum absolute atomic E-state index is 13.4. The van der Waals surface area contributed by atoms with Gasteiger partial charge in [-0.2, -0.15) is 0 Å². The summed E-state index contributed by atoms with van der Waals surface area (Å²) < 4.78 is 19.0. The van der Waals surface area contributed by atoms with E-state index in [9.17, 15) is 18.8 Å². The summed E-state index contributed by atoms with van der Waals surface area (Å²) in [5.74, 6) is -0.729. The predicted molar refractivity (Wildman–Crippen MR) is 135 cm³/mol. The predicted octanol–water partition coefficient (Wildman–Crippen LogP) is 5.51. The van der Waals surface area contributed by atoms with E-state index < -0.39 is 30.0 Å². The summed E-state index contributed by atoms with van der Waals surface area (Å²) in [5, 5.41) is 5.61. The minimum Gasteiger partial charge on any atom is -0.438 e. The average Bonchev–Trinajstić information content (AvgIpc) is 3.17. The first-order valence-electron chi connectivity index (χ1n) is 11.8. The lowest BCUT2D eigenvalue weighted by Gasteiger charge is -2.24. The van der Waals surface area contributed by atoms with Crippen molar-refractivity contribution in [2.24, 2.45) is 5.92 Å². The van der Waals surface area contributed by atoms with Crippen LogP contribution < -0.4 is 10.6 Å². The van der Waals surface area contributed by atoms with Gasteiger partial charge in [-0.25, -0.2) is 9.18 Å². The van der Waals surface area contributed by atoms with E-state index in [-0.39, 0.29) is 18.4 Å². The van der Waals surface area contributed by atoms with Crippen LogP contribution in [0.2, 0.25) is 0 Å². The van der Waals surface area contributed by atoms with Crippen LogP contribution in [0.1, 0.15) is 37.5 Å². The lowest BCUT2D eigenvalue weighted by Crippen LogP contribution is -2.43. The van der Waals surface area contributed by atoms with Gasteiger partial charge in [0.15, 0.2) is 12.1 Å². The van der Waals surface area contributed by atoms with Gasteiger partial charge in [0.25, 0.3) is 5.91 Å². The minimum absolute atomic E-state index is 0.0874. The van der Waals surface area contributed by atoms with Crippen LogP contribution in [0.4, 0.5) is 20.6 Å². The number of carbonyl (C=O) groups is 3. The van der Waals surface area contributed by atoms with E-state index in [2.05, 4.69) is 10.6 Å². The lowest BCUT2D eigenvalue weighted by atomic mass is 10.00. The van der Waals surface area contributed by atoms with Crippen molar-refractivity contribution >= 4 is 29.3 Å². The Bertz CT molecular complexity index is 1210. The van der Waals surface area contributed by atoms with Crippen LogP contribution in [-0.4, -0.2) is 28.8 Å². The molecule has 1 heterocycles. The van der Waals surface area contributed by atoms with Crippen molar-refractivity contribution in [2.45, 2.75) is 39.0 Å². The van der Waals surface area contributed by atoms with Gasteiger partial charge in [0, 0.05) is 17.8 Å². The molecule has 0 unspecified atom stereocenters. The number of benzene rings is 3. The summed E-state index contributed by atoms with van der Waals surface area (Å²) in [6.45, 7) is 4.12. The highest BCUT2D eigenvalue weighted by Gasteiger charge is 2.47. The van der Waals surface area contributed by atoms with Crippen LogP contribution in [0.25, 0.3) is 0 Å². The number of ether oxygens (including phenoxy) is 1. The topological polar surface area (TPSA) is 87.7 Å². The normalized spacial score (nSPS) is 17.1. The van der Waals surface area contributed by atoms with Crippen LogP contribution in [0.5, 0.6) is 0 Å². The Morgan fingerprint density at radius 2 is 1.53 bits per heavy atom. The van der Waals surface area contributed by atoms with Gasteiger partial charge in [-0.15, -0.1) is 0 Å². The molecule has 7 nitrogen and oxygen atoms in total. The minimum atomic E-state index is -0.968. The van der Waals surface area contributed by atoms with Crippen LogP contribution in [0, 0.1) is 11.7 Å². The number of hydrogen-bond acceptors (Lipinski definition) is 4. The third kappa shape index (κ3) is 6.07. The third-order valence-corrected chi connectivity index (χ3v) is 5.78. The Kier molecular flexibility index (Phi) is 7.63. The summed E-state index contributed by atoms with van der Waals surface area (Å²) in [7, 11) is 0. The number of nitrogens with one attached hydrogen (secondary N) is 2. The molecule has 1 aliphatic rings. The molecule has 0 radical (unpaired) electrons. The number of halogens is 1. The number of nitrogens with zero attached hydrogens (tertiary/aromatic N) is 1. The summed E-state index contributed by atoms with van der Waals surface area (Å²) >= 11 is 0. The van der Waals surface area contributed by atoms with Gasteiger partial charge >= 0.3 is 6.09 Å². The molecule has 3 aromatic carbocycles. The molecule has 0 aliphatic carbocycles. The van der Waals surface area contributed by atoms with Crippen molar-refractivity contribution in [1.29, 1.82) is 0 Å². The van der Waals surface area contributed by atoms with E-state index in [1.807, 2.05) is 44.2 Å². The fraction of sp³-hybridized carbons (Fsp3) is 0.250. The fourth-order valence-electron chi connectivity index (χ4n) is 4.08. The second-order valence-electron chi connectivity index (χ2n) is 9.13. The van der Waals surface area contributed by atoms with E-state index in [1.54, 1.807) is 24.3 Å². The van der Waals surface area contributed by atoms with Crippen molar-refractivity contribution in [1.82, 2.24) is 4.90 Å². The maximum Gasteiger partial charge on any atom is 0.411 e. The number of cyclic esters (lactones) is 1. The van der Waals surface area contributed by atoms with Crippen LogP contribution in [0.3, 0.4) is 0 Å². The molecule has 4 rings (SSSR count). The van der Waals surface area contributed by atoms with Gasteiger partial charge in [0.2, 0.25) is 5.91 Å². The first-order chi connectivity index (χ1) is 17.3. The summed E-state index contributed by atoms with van der Waals surface area (Å²) in [4.78, 5) is 39.8. The molecule has 1 aliphatic heterocycles. The largest absolute Gasteiger partial charge is 0.438 e. The SMILES string of the molecule is CC(C)CC(=O)Nc1ccc([C@@H]2OC(=O)N(Cc3ccccc3)[C@H]2C(=O)Nc2ccc(F)cc2)cc1. The zero-order valence-electron chi connectivity index (χ0n) is 20.1. The van der Waals surface area contributed by atoms with Gasteiger partial charge in [-0.05, 0) is 53.4 Å². The number of hydrogen-bond donors (Lipinski definition) is 2. The number of carbonyl (C=O) groups excluding carboxylic acids is 3. The molecule has 0 spiro atoms. The molecule has 1 saturated heterocycles. The number of amides is 3. The quantitative estimate of drug-likeness (QED) is 0.437. The standard InChI is InChI=1S/C28H28FN3O4/c1-18(2)16-24(33)30-22-12-8-20(9-13-22)26-25(27(34)31-23-14-10-21(29)11-15-23)32(28(35)36-26)17-19-6-4-3-5-7-19/h3-15,18,25-26H,16-17H2,1-2H3,(H,30,33)(H,31,34)/t25-,26+/m1/s1. The molecule has 3 aromatic rings. The average molecular weight is 490 g/mol. The molecule has 186 valence electrons. The van der Waals surface area contributed by atoms with Crippen molar-refractivity contribution < 1.29 is 23.5 Å². The van der Waals surface area contributed by atoms with Gasteiger partial charge in [0.05, 0.1) is 6.54 Å². The van der Waals surface area contributed by atoms with E-state index >= 15 is 0 Å². The van der Waals surface area contributed by atoms with Crippen molar-refractivity contribution in [3.8, 4) is 0 Å². The lowest BCUT2D eigenvalue weighted by molar-refractivity contribution is -0.121. The Labute approximate surface area is 209 Å². The first-order valence-corrected chi connectivity index (χ1v) is 11.8. The van der Waals surface area contributed by atoms with Crippen LogP contribution >= 0.6 is 0 Å². The molecular formula is C28H28FN3O4. The Hall–Kier alpha value is -4.20. The van der Waals surface area contributed by atoms with Gasteiger partial charge in [-0.3, -0.25) is 14.5 Å². The van der Waals surface area contributed by atoms with Gasteiger partial charge in [-0.1, -0.05) is 56.3 Å². The van der Waals surface area contributed by atoms with Crippen LogP contribution in [0.15, 0.2) is 78.9 Å². The third-order valence-electron chi connectivity index (χ3n) is 5.78. The van der Waals surface area contributed by atoms with E-state index in [4.69, 9.17) is 4.74 Å². The highest BCUT2D eigenvalue weighted by molar-refractivity contribution is 5.98. The summed E-state index contributed by atoms with van der Waals surface area (Å²) in [5.41, 5.74) is 2.47. The van der Waals surface area contributed by atoms with Gasteiger partial charge in [0.1, 0.15) is 5.82 Å². The molecule has 0 bridgehead atoms. The molecule has 2 N–H and O–H groups in total. The molecule has 36 heavy (non-hydrogen) atoms. The molecule has 1 fully saturated rings.